The molecule has 0 aromatic heterocycles. The molecule has 1 aliphatic rings. The van der Waals surface area contributed by atoms with Crippen molar-refractivity contribution in [3.8, 4) is 5.75 Å². The molecular formula is C19H17N3O7S. The van der Waals surface area contributed by atoms with Gasteiger partial charge >= 0.3 is 6.03 Å². The van der Waals surface area contributed by atoms with Gasteiger partial charge in [-0.2, -0.15) is 0 Å². The van der Waals surface area contributed by atoms with Gasteiger partial charge in [-0.3, -0.25) is 20.2 Å². The van der Waals surface area contributed by atoms with E-state index in [4.69, 9.17) is 4.74 Å². The number of urea groups is 1. The Kier molecular flexibility index (Phi) is 6.11. The van der Waals surface area contributed by atoms with Gasteiger partial charge in [0.05, 0.1) is 27.7 Å². The Balaban J connectivity index is 1.68. The van der Waals surface area contributed by atoms with E-state index in [0.29, 0.717) is 0 Å². The van der Waals surface area contributed by atoms with Crippen LogP contribution < -0.4 is 15.4 Å². The fourth-order valence-electron chi connectivity index (χ4n) is 2.73. The highest BCUT2D eigenvalue weighted by atomic mass is 32.2. The summed E-state index contributed by atoms with van der Waals surface area (Å²) in [6, 6.07) is 11.2. The van der Waals surface area contributed by atoms with Gasteiger partial charge in [-0.05, 0) is 36.8 Å². The molecule has 2 aromatic carbocycles. The lowest BCUT2D eigenvalue weighted by Gasteiger charge is -2.08. The maximum Gasteiger partial charge on any atom is 0.326 e. The maximum atomic E-state index is 12.3. The summed E-state index contributed by atoms with van der Waals surface area (Å²) in [7, 11) is -3.43. The quantitative estimate of drug-likeness (QED) is 0.214. The number of hydrogen-bond donors (Lipinski definition) is 2. The molecule has 0 spiro atoms. The largest absolute Gasteiger partial charge is 0.494 e. The van der Waals surface area contributed by atoms with Crippen molar-refractivity contribution in [1.29, 1.82) is 0 Å². The fraction of sp³-hybridized carbons (Fsp3) is 0.158. The zero-order valence-corrected chi connectivity index (χ0v) is 16.3. The van der Waals surface area contributed by atoms with Crippen LogP contribution in [0.4, 0.5) is 10.5 Å². The molecule has 11 heteroatoms. The van der Waals surface area contributed by atoms with Crippen LogP contribution in [-0.2, 0) is 14.6 Å². The predicted octanol–water partition coefficient (Wildman–Crippen LogP) is 2.02. The van der Waals surface area contributed by atoms with E-state index < -0.39 is 26.7 Å². The number of ether oxygens (including phenoxy) is 1. The normalized spacial score (nSPS) is 15.0. The summed E-state index contributed by atoms with van der Waals surface area (Å²) in [6.07, 6.45) is 1.38. The number of benzene rings is 2. The molecule has 1 aliphatic heterocycles. The first-order valence-electron chi connectivity index (χ1n) is 8.79. The number of amides is 3. The zero-order chi connectivity index (χ0) is 21.7. The molecule has 30 heavy (non-hydrogen) atoms. The van der Waals surface area contributed by atoms with E-state index >= 15 is 0 Å². The summed E-state index contributed by atoms with van der Waals surface area (Å²) >= 11 is 0. The fourth-order valence-corrected chi connectivity index (χ4v) is 4.03. The number of sulfone groups is 1. The molecule has 1 fully saturated rings. The van der Waals surface area contributed by atoms with Crippen LogP contribution in [0.5, 0.6) is 5.75 Å². The Morgan fingerprint density at radius 1 is 1.07 bits per heavy atom. The number of imide groups is 1. The highest BCUT2D eigenvalue weighted by Crippen LogP contribution is 2.26. The molecule has 2 N–H and O–H groups in total. The third-order valence-electron chi connectivity index (χ3n) is 4.14. The maximum absolute atomic E-state index is 12.3. The average molecular weight is 431 g/mol. The Bertz CT molecular complexity index is 1130. The van der Waals surface area contributed by atoms with Gasteiger partial charge in [-0.15, -0.1) is 0 Å². The Morgan fingerprint density at radius 3 is 2.43 bits per heavy atom. The van der Waals surface area contributed by atoms with Crippen molar-refractivity contribution in [2.75, 3.05) is 12.4 Å². The Labute approximate surface area is 171 Å². The second-order valence-corrected chi connectivity index (χ2v) is 8.39. The van der Waals surface area contributed by atoms with Gasteiger partial charge in [0.2, 0.25) is 0 Å². The van der Waals surface area contributed by atoms with E-state index in [0.717, 1.165) is 0 Å². The van der Waals surface area contributed by atoms with Crippen LogP contribution in [-0.4, -0.2) is 37.6 Å². The van der Waals surface area contributed by atoms with Crippen LogP contribution in [0.3, 0.4) is 0 Å². The number of nitro benzene ring substituents is 1. The predicted molar refractivity (Wildman–Crippen MR) is 106 cm³/mol. The number of carbonyl (C=O) groups is 2. The second kappa shape index (κ2) is 8.74. The van der Waals surface area contributed by atoms with Crippen molar-refractivity contribution >= 4 is 33.5 Å². The molecule has 0 unspecified atom stereocenters. The van der Waals surface area contributed by atoms with Gasteiger partial charge in [0.1, 0.15) is 11.4 Å². The van der Waals surface area contributed by atoms with E-state index in [1.807, 2.05) is 5.32 Å². The van der Waals surface area contributed by atoms with E-state index in [2.05, 4.69) is 5.32 Å². The summed E-state index contributed by atoms with van der Waals surface area (Å²) in [5, 5.41) is 15.5. The molecular weight excluding hydrogens is 414 g/mol. The molecule has 0 radical (unpaired) electrons. The lowest BCUT2D eigenvalue weighted by Crippen LogP contribution is -2.22. The summed E-state index contributed by atoms with van der Waals surface area (Å²) in [6.45, 7) is 0.0666. The first-order valence-corrected chi connectivity index (χ1v) is 10.4. The molecule has 0 atom stereocenters. The number of nitrogens with one attached hydrogen (secondary N) is 2. The van der Waals surface area contributed by atoms with Gasteiger partial charge in [-0.25, -0.2) is 13.2 Å². The van der Waals surface area contributed by atoms with Crippen LogP contribution in [0.15, 0.2) is 59.1 Å². The van der Waals surface area contributed by atoms with Gasteiger partial charge in [-0.1, -0.05) is 18.2 Å². The minimum Gasteiger partial charge on any atom is -0.494 e. The van der Waals surface area contributed by atoms with E-state index in [-0.39, 0.29) is 46.4 Å². The molecule has 0 bridgehead atoms. The standard InChI is InChI=1S/C19H17N3O7S/c23-18-16(20-19(24)21-18)12-13-11-14(7-8-17(13)22(25)26)29-9-4-10-30(27,28)15-5-2-1-3-6-15/h1-3,5-8,11-12H,4,9-10H2,(H2,20,21,23,24). The summed E-state index contributed by atoms with van der Waals surface area (Å²) < 4.78 is 30.0. The molecule has 156 valence electrons. The molecule has 1 saturated heterocycles. The molecule has 1 heterocycles. The van der Waals surface area contributed by atoms with Gasteiger partial charge < -0.3 is 10.1 Å². The summed E-state index contributed by atoms with van der Waals surface area (Å²) in [4.78, 5) is 33.7. The highest BCUT2D eigenvalue weighted by Gasteiger charge is 2.24. The van der Waals surface area contributed by atoms with Crippen LogP contribution in [0.1, 0.15) is 12.0 Å². The summed E-state index contributed by atoms with van der Waals surface area (Å²) in [5.74, 6) is -0.561. The SMILES string of the molecule is O=C1NC(=O)C(=Cc2cc(OCCCS(=O)(=O)c3ccccc3)ccc2[N+](=O)[O-])N1. The third kappa shape index (κ3) is 5.00. The lowest BCUT2D eigenvalue weighted by molar-refractivity contribution is -0.385. The molecule has 0 aliphatic carbocycles. The highest BCUT2D eigenvalue weighted by molar-refractivity contribution is 7.91. The van der Waals surface area contributed by atoms with Crippen LogP contribution in [0.2, 0.25) is 0 Å². The number of rotatable bonds is 8. The molecule has 0 saturated carbocycles. The number of carbonyl (C=O) groups excluding carboxylic acids is 2. The van der Waals surface area contributed by atoms with Crippen molar-refractivity contribution in [3.05, 3.63) is 69.9 Å². The first kappa shape index (κ1) is 21.0. The first-order chi connectivity index (χ1) is 14.3. The van der Waals surface area contributed by atoms with Crippen molar-refractivity contribution < 1.29 is 27.7 Å². The van der Waals surface area contributed by atoms with Crippen molar-refractivity contribution in [1.82, 2.24) is 10.6 Å². The zero-order valence-electron chi connectivity index (χ0n) is 15.5. The second-order valence-electron chi connectivity index (χ2n) is 6.28. The van der Waals surface area contributed by atoms with Gasteiger partial charge in [0.25, 0.3) is 11.6 Å². The van der Waals surface area contributed by atoms with Crippen LogP contribution >= 0.6 is 0 Å². The number of nitro groups is 1. The van der Waals surface area contributed by atoms with E-state index in [1.54, 1.807) is 18.2 Å². The van der Waals surface area contributed by atoms with Crippen LogP contribution in [0, 0.1) is 10.1 Å². The minimum absolute atomic E-state index is 0.0572. The molecule has 3 rings (SSSR count). The van der Waals surface area contributed by atoms with E-state index in [1.165, 1.54) is 36.4 Å². The lowest BCUT2D eigenvalue weighted by atomic mass is 10.1. The average Bonchev–Trinajstić information content (AvgIpc) is 3.02. The van der Waals surface area contributed by atoms with Crippen molar-refractivity contribution in [2.24, 2.45) is 0 Å². The molecule has 10 nitrogen and oxygen atoms in total. The van der Waals surface area contributed by atoms with Crippen molar-refractivity contribution in [3.63, 3.8) is 0 Å². The van der Waals surface area contributed by atoms with Crippen LogP contribution in [0.25, 0.3) is 6.08 Å². The molecule has 3 amide bonds. The summed E-state index contributed by atoms with van der Waals surface area (Å²) in [5.41, 5.74) is -0.355. The monoisotopic (exact) mass is 431 g/mol. The van der Waals surface area contributed by atoms with Crippen molar-refractivity contribution in [2.45, 2.75) is 11.3 Å². The smallest absolute Gasteiger partial charge is 0.326 e. The van der Waals surface area contributed by atoms with E-state index in [9.17, 15) is 28.1 Å². The Hall–Kier alpha value is -3.73. The number of nitrogens with zero attached hydrogens (tertiary/aromatic N) is 1. The molecule has 2 aromatic rings. The van der Waals surface area contributed by atoms with Gasteiger partial charge in [0, 0.05) is 6.07 Å². The Morgan fingerprint density at radius 2 is 1.80 bits per heavy atom. The topological polar surface area (TPSA) is 145 Å². The van der Waals surface area contributed by atoms with Gasteiger partial charge in [0.15, 0.2) is 9.84 Å². The third-order valence-corrected chi connectivity index (χ3v) is 5.96. The minimum atomic E-state index is -3.43. The number of hydrogen-bond acceptors (Lipinski definition) is 7.